The fraction of sp³-hybridized carbons (Fsp3) is 0.769. The topological polar surface area (TPSA) is 101 Å². The average Bonchev–Trinajstić information content (AvgIpc) is 3.26. The number of nitrogen functional groups attached to an aromatic ring is 1. The predicted octanol–water partition coefficient (Wildman–Crippen LogP) is 0.594. The van der Waals surface area contributed by atoms with Crippen molar-refractivity contribution in [2.45, 2.75) is 32.2 Å². The molecule has 1 aromatic heterocycles. The van der Waals surface area contributed by atoms with Gasteiger partial charge < -0.3 is 15.0 Å². The van der Waals surface area contributed by atoms with E-state index in [-0.39, 0.29) is 0 Å². The minimum Gasteiger partial charge on any atom is -0.378 e. The van der Waals surface area contributed by atoms with Crippen LogP contribution >= 0.6 is 0 Å². The molecule has 2 heterocycles. The Hall–Kier alpha value is -1.67. The Labute approximate surface area is 124 Å². The smallest absolute Gasteiger partial charge is 0.243 e. The van der Waals surface area contributed by atoms with Crippen molar-refractivity contribution in [2.75, 3.05) is 41.9 Å². The number of anilines is 3. The molecule has 2 unspecified atom stereocenters. The Morgan fingerprint density at radius 3 is 2.71 bits per heavy atom. The molecular weight excluding hydrogens is 270 g/mol. The highest BCUT2D eigenvalue weighted by Gasteiger charge is 2.36. The van der Waals surface area contributed by atoms with Gasteiger partial charge in [-0.25, -0.2) is 5.84 Å². The van der Waals surface area contributed by atoms with Gasteiger partial charge in [0.15, 0.2) is 0 Å². The fourth-order valence-electron chi connectivity index (χ4n) is 2.68. The van der Waals surface area contributed by atoms with Crippen LogP contribution in [-0.2, 0) is 4.74 Å². The van der Waals surface area contributed by atoms with Gasteiger partial charge in [0, 0.05) is 19.1 Å². The van der Waals surface area contributed by atoms with Gasteiger partial charge in [0.1, 0.15) is 0 Å². The van der Waals surface area contributed by atoms with E-state index in [4.69, 9.17) is 10.6 Å². The molecule has 1 saturated heterocycles. The van der Waals surface area contributed by atoms with Gasteiger partial charge in [-0.2, -0.15) is 15.0 Å². The van der Waals surface area contributed by atoms with E-state index in [1.54, 1.807) is 0 Å². The number of hydrogen-bond donors (Lipinski definition) is 3. The number of hydrogen-bond acceptors (Lipinski definition) is 8. The van der Waals surface area contributed by atoms with Crippen LogP contribution < -0.4 is 21.5 Å². The SMILES string of the molecule is CCCC1CC1Nc1nc(NN)nc(N2CCOCC2)n1. The second-order valence-corrected chi connectivity index (χ2v) is 5.56. The lowest BCUT2D eigenvalue weighted by Crippen LogP contribution is -2.37. The molecule has 0 radical (unpaired) electrons. The molecule has 0 amide bonds. The van der Waals surface area contributed by atoms with E-state index in [1.165, 1.54) is 19.3 Å². The van der Waals surface area contributed by atoms with E-state index >= 15 is 0 Å². The van der Waals surface area contributed by atoms with Crippen LogP contribution in [0, 0.1) is 5.92 Å². The number of nitrogens with zero attached hydrogens (tertiary/aromatic N) is 4. The molecule has 4 N–H and O–H groups in total. The summed E-state index contributed by atoms with van der Waals surface area (Å²) in [5, 5.41) is 3.39. The van der Waals surface area contributed by atoms with E-state index in [0.717, 1.165) is 19.0 Å². The van der Waals surface area contributed by atoms with Gasteiger partial charge in [0.2, 0.25) is 17.8 Å². The summed E-state index contributed by atoms with van der Waals surface area (Å²) in [5.74, 6) is 7.85. The summed E-state index contributed by atoms with van der Waals surface area (Å²) in [6, 6.07) is 0.482. The summed E-state index contributed by atoms with van der Waals surface area (Å²) >= 11 is 0. The third-order valence-electron chi connectivity index (χ3n) is 3.94. The maximum absolute atomic E-state index is 5.46. The maximum atomic E-state index is 5.46. The summed E-state index contributed by atoms with van der Waals surface area (Å²) in [6.07, 6.45) is 3.66. The molecule has 1 aromatic rings. The zero-order chi connectivity index (χ0) is 14.7. The highest BCUT2D eigenvalue weighted by atomic mass is 16.5. The number of hydrazine groups is 1. The third kappa shape index (κ3) is 3.51. The second-order valence-electron chi connectivity index (χ2n) is 5.56. The summed E-state index contributed by atoms with van der Waals surface area (Å²) < 4.78 is 5.35. The lowest BCUT2D eigenvalue weighted by atomic mass is 10.2. The molecule has 8 nitrogen and oxygen atoms in total. The largest absolute Gasteiger partial charge is 0.378 e. The van der Waals surface area contributed by atoms with Gasteiger partial charge in [-0.1, -0.05) is 13.3 Å². The van der Waals surface area contributed by atoms with Crippen molar-refractivity contribution in [3.8, 4) is 0 Å². The summed E-state index contributed by atoms with van der Waals surface area (Å²) in [4.78, 5) is 15.2. The van der Waals surface area contributed by atoms with Crippen LogP contribution in [0.15, 0.2) is 0 Å². The molecule has 2 atom stereocenters. The van der Waals surface area contributed by atoms with Crippen molar-refractivity contribution >= 4 is 17.8 Å². The quantitative estimate of drug-likeness (QED) is 0.517. The number of ether oxygens (including phenoxy) is 1. The van der Waals surface area contributed by atoms with Gasteiger partial charge in [0.25, 0.3) is 0 Å². The van der Waals surface area contributed by atoms with Crippen molar-refractivity contribution in [1.82, 2.24) is 15.0 Å². The average molecular weight is 293 g/mol. The van der Waals surface area contributed by atoms with E-state index in [9.17, 15) is 0 Å². The molecular formula is C13H23N7O. The highest BCUT2D eigenvalue weighted by Crippen LogP contribution is 2.36. The van der Waals surface area contributed by atoms with Gasteiger partial charge >= 0.3 is 0 Å². The highest BCUT2D eigenvalue weighted by molar-refractivity contribution is 5.44. The number of morpholine rings is 1. The summed E-state index contributed by atoms with van der Waals surface area (Å²) in [5.41, 5.74) is 2.52. The molecule has 3 rings (SSSR count). The van der Waals surface area contributed by atoms with Crippen LogP contribution in [0.3, 0.4) is 0 Å². The van der Waals surface area contributed by atoms with Crippen molar-refractivity contribution in [2.24, 2.45) is 11.8 Å². The first kappa shape index (κ1) is 14.3. The van der Waals surface area contributed by atoms with Gasteiger partial charge in [-0.05, 0) is 18.8 Å². The minimum absolute atomic E-state index is 0.390. The van der Waals surface area contributed by atoms with Crippen molar-refractivity contribution in [3.05, 3.63) is 0 Å². The van der Waals surface area contributed by atoms with Crippen LogP contribution in [0.1, 0.15) is 26.2 Å². The first-order valence-corrected chi connectivity index (χ1v) is 7.62. The number of rotatable bonds is 6. The Balaban J connectivity index is 1.71. The molecule has 0 bridgehead atoms. The first-order valence-electron chi connectivity index (χ1n) is 7.62. The standard InChI is InChI=1S/C13H23N7O/c1-2-3-9-8-10(9)15-11-16-12(19-14)18-13(17-11)20-4-6-21-7-5-20/h9-10H,2-8,14H2,1H3,(H2,15,16,17,18,19). The van der Waals surface area contributed by atoms with Gasteiger partial charge in [-0.15, -0.1) is 0 Å². The fourth-order valence-corrected chi connectivity index (χ4v) is 2.68. The van der Waals surface area contributed by atoms with Crippen LogP contribution in [0.25, 0.3) is 0 Å². The van der Waals surface area contributed by atoms with E-state index in [1.807, 2.05) is 0 Å². The molecule has 2 fully saturated rings. The maximum Gasteiger partial charge on any atom is 0.243 e. The summed E-state index contributed by atoms with van der Waals surface area (Å²) in [7, 11) is 0. The van der Waals surface area contributed by atoms with E-state index < -0.39 is 0 Å². The Kier molecular flexibility index (Phi) is 4.35. The van der Waals surface area contributed by atoms with Crippen molar-refractivity contribution < 1.29 is 4.74 Å². The lowest BCUT2D eigenvalue weighted by molar-refractivity contribution is 0.122. The Bertz CT molecular complexity index is 478. The first-order chi connectivity index (χ1) is 10.3. The van der Waals surface area contributed by atoms with Crippen LogP contribution in [0.5, 0.6) is 0 Å². The van der Waals surface area contributed by atoms with Crippen LogP contribution in [0.4, 0.5) is 17.8 Å². The predicted molar refractivity (Wildman–Crippen MR) is 81.1 cm³/mol. The lowest BCUT2D eigenvalue weighted by Gasteiger charge is -2.27. The van der Waals surface area contributed by atoms with Crippen molar-refractivity contribution in [3.63, 3.8) is 0 Å². The Morgan fingerprint density at radius 2 is 2.00 bits per heavy atom. The summed E-state index contributed by atoms with van der Waals surface area (Å²) in [6.45, 7) is 5.18. The zero-order valence-electron chi connectivity index (χ0n) is 12.4. The van der Waals surface area contributed by atoms with E-state index in [2.05, 4.69) is 37.5 Å². The number of nitrogens with two attached hydrogens (primary N) is 1. The molecule has 8 heteroatoms. The molecule has 21 heavy (non-hydrogen) atoms. The monoisotopic (exact) mass is 293 g/mol. The minimum atomic E-state index is 0.390. The molecule has 2 aliphatic rings. The number of aromatic nitrogens is 3. The second kappa shape index (κ2) is 6.40. The Morgan fingerprint density at radius 1 is 1.24 bits per heavy atom. The zero-order valence-corrected chi connectivity index (χ0v) is 12.4. The van der Waals surface area contributed by atoms with E-state index in [0.29, 0.717) is 37.1 Å². The third-order valence-corrected chi connectivity index (χ3v) is 3.94. The van der Waals surface area contributed by atoms with Crippen molar-refractivity contribution in [1.29, 1.82) is 0 Å². The molecule has 0 spiro atoms. The van der Waals surface area contributed by atoms with Gasteiger partial charge in [0.05, 0.1) is 13.2 Å². The van der Waals surface area contributed by atoms with Crippen LogP contribution in [-0.4, -0.2) is 47.3 Å². The van der Waals surface area contributed by atoms with Crippen LogP contribution in [0.2, 0.25) is 0 Å². The molecule has 1 aliphatic carbocycles. The molecule has 1 aliphatic heterocycles. The normalized spacial score (nSPS) is 24.8. The number of nitrogens with one attached hydrogen (secondary N) is 2. The molecule has 1 saturated carbocycles. The molecule has 0 aromatic carbocycles. The molecule has 116 valence electrons. The van der Waals surface area contributed by atoms with Gasteiger partial charge in [-0.3, -0.25) is 5.43 Å².